The van der Waals surface area contributed by atoms with Gasteiger partial charge in [-0.25, -0.2) is 17.2 Å². The van der Waals surface area contributed by atoms with Crippen LogP contribution in [0.3, 0.4) is 0 Å². The number of sulfonamides is 1. The Kier molecular flexibility index (Phi) is 4.76. The SMILES string of the molecule is Cc1ccc(-c2cc(S(=O)(=O)Nc3cc(F)c(C(F)(F)F)cc3F)c[nH]2)s1. The summed E-state index contributed by atoms with van der Waals surface area (Å²) in [6.45, 7) is 1.87. The Morgan fingerprint density at radius 2 is 1.78 bits per heavy atom. The molecule has 0 saturated carbocycles. The van der Waals surface area contributed by atoms with E-state index in [1.807, 2.05) is 13.0 Å². The first-order chi connectivity index (χ1) is 12.5. The molecule has 0 radical (unpaired) electrons. The molecule has 4 nitrogen and oxygen atoms in total. The molecule has 0 spiro atoms. The minimum Gasteiger partial charge on any atom is -0.359 e. The van der Waals surface area contributed by atoms with Gasteiger partial charge in [-0.1, -0.05) is 0 Å². The maximum absolute atomic E-state index is 13.9. The zero-order chi connectivity index (χ0) is 20.0. The third-order valence-electron chi connectivity index (χ3n) is 3.58. The van der Waals surface area contributed by atoms with Gasteiger partial charge in [-0.3, -0.25) is 4.72 Å². The van der Waals surface area contributed by atoms with Crippen molar-refractivity contribution in [3.8, 4) is 10.6 Å². The number of benzene rings is 1. The molecule has 3 rings (SSSR count). The van der Waals surface area contributed by atoms with E-state index in [-0.39, 0.29) is 17.0 Å². The third kappa shape index (κ3) is 3.98. The zero-order valence-electron chi connectivity index (χ0n) is 13.5. The summed E-state index contributed by atoms with van der Waals surface area (Å²) in [6, 6.07) is 4.97. The van der Waals surface area contributed by atoms with Crippen molar-refractivity contribution >= 4 is 27.0 Å². The van der Waals surface area contributed by atoms with E-state index >= 15 is 0 Å². The third-order valence-corrected chi connectivity index (χ3v) is 5.96. The van der Waals surface area contributed by atoms with Gasteiger partial charge in [0.1, 0.15) is 16.5 Å². The first kappa shape index (κ1) is 19.4. The van der Waals surface area contributed by atoms with Gasteiger partial charge in [-0.15, -0.1) is 11.3 Å². The largest absolute Gasteiger partial charge is 0.419 e. The predicted octanol–water partition coefficient (Wildman–Crippen LogP) is 5.15. The standard InChI is InChI=1S/C16H11F5N2O2S2/c1-8-2-3-15(26-8)14-4-9(7-22-14)27(24,25)23-13-6-11(17)10(5-12(13)18)16(19,20)21/h2-7,22-23H,1H3. The molecule has 27 heavy (non-hydrogen) atoms. The minimum absolute atomic E-state index is 0.0931. The summed E-state index contributed by atoms with van der Waals surface area (Å²) in [5.74, 6) is -3.33. The Morgan fingerprint density at radius 1 is 1.07 bits per heavy atom. The van der Waals surface area contributed by atoms with Crippen molar-refractivity contribution in [1.82, 2.24) is 4.98 Å². The molecule has 0 atom stereocenters. The number of rotatable bonds is 4. The van der Waals surface area contributed by atoms with E-state index in [4.69, 9.17) is 0 Å². The molecule has 0 saturated heterocycles. The molecular formula is C16H11F5N2O2S2. The van der Waals surface area contributed by atoms with Gasteiger partial charge in [-0.2, -0.15) is 13.2 Å². The van der Waals surface area contributed by atoms with Crippen LogP contribution in [0.25, 0.3) is 10.6 Å². The lowest BCUT2D eigenvalue weighted by molar-refractivity contribution is -0.140. The maximum Gasteiger partial charge on any atom is 0.419 e. The monoisotopic (exact) mass is 422 g/mol. The van der Waals surface area contributed by atoms with Crippen LogP contribution < -0.4 is 4.72 Å². The highest BCUT2D eigenvalue weighted by Crippen LogP contribution is 2.34. The number of hydrogen-bond donors (Lipinski definition) is 2. The second-order valence-corrected chi connectivity index (χ2v) is 8.54. The lowest BCUT2D eigenvalue weighted by atomic mass is 10.2. The molecule has 0 aliphatic carbocycles. The normalized spacial score (nSPS) is 12.4. The summed E-state index contributed by atoms with van der Waals surface area (Å²) in [4.78, 5) is 4.25. The number of hydrogen-bond acceptors (Lipinski definition) is 3. The number of nitrogens with one attached hydrogen (secondary N) is 2. The second kappa shape index (κ2) is 6.64. The predicted molar refractivity (Wildman–Crippen MR) is 91.0 cm³/mol. The summed E-state index contributed by atoms with van der Waals surface area (Å²) >= 11 is 1.41. The lowest BCUT2D eigenvalue weighted by Gasteiger charge is -2.12. The Hall–Kier alpha value is -2.40. The first-order valence-electron chi connectivity index (χ1n) is 7.31. The Morgan fingerprint density at radius 3 is 2.37 bits per heavy atom. The zero-order valence-corrected chi connectivity index (χ0v) is 15.1. The highest BCUT2D eigenvalue weighted by Gasteiger charge is 2.35. The molecule has 0 fully saturated rings. The number of aromatic amines is 1. The summed E-state index contributed by atoms with van der Waals surface area (Å²) < 4.78 is 91.7. The van der Waals surface area contributed by atoms with Crippen molar-refractivity contribution in [2.75, 3.05) is 4.72 Å². The van der Waals surface area contributed by atoms with Crippen molar-refractivity contribution < 1.29 is 30.4 Å². The van der Waals surface area contributed by atoms with Crippen molar-refractivity contribution in [3.05, 3.63) is 58.6 Å². The molecule has 0 aliphatic heterocycles. The molecule has 0 unspecified atom stereocenters. The van der Waals surface area contributed by atoms with Gasteiger partial charge in [0.15, 0.2) is 0 Å². The van der Waals surface area contributed by atoms with Crippen LogP contribution in [0.4, 0.5) is 27.6 Å². The van der Waals surface area contributed by atoms with Gasteiger partial charge < -0.3 is 4.98 Å². The molecule has 1 aromatic carbocycles. The average Bonchev–Trinajstić information content (AvgIpc) is 3.18. The van der Waals surface area contributed by atoms with Crippen LogP contribution in [0, 0.1) is 18.6 Å². The molecule has 2 heterocycles. The van der Waals surface area contributed by atoms with Gasteiger partial charge in [-0.05, 0) is 31.2 Å². The molecule has 3 aromatic rings. The van der Waals surface area contributed by atoms with Crippen LogP contribution in [0.1, 0.15) is 10.4 Å². The molecule has 2 aromatic heterocycles. The van der Waals surface area contributed by atoms with E-state index in [1.54, 1.807) is 10.8 Å². The van der Waals surface area contributed by atoms with E-state index in [1.165, 1.54) is 17.4 Å². The highest BCUT2D eigenvalue weighted by molar-refractivity contribution is 7.92. The Balaban J connectivity index is 1.91. The number of anilines is 1. The van der Waals surface area contributed by atoms with Crippen LogP contribution in [-0.4, -0.2) is 13.4 Å². The average molecular weight is 422 g/mol. The topological polar surface area (TPSA) is 62.0 Å². The quantitative estimate of drug-likeness (QED) is 0.572. The molecule has 144 valence electrons. The Bertz CT molecular complexity index is 1100. The lowest BCUT2D eigenvalue weighted by Crippen LogP contribution is -2.15. The molecule has 0 bridgehead atoms. The van der Waals surface area contributed by atoms with Crippen molar-refractivity contribution in [1.29, 1.82) is 0 Å². The summed E-state index contributed by atoms with van der Waals surface area (Å²) in [7, 11) is -4.35. The van der Waals surface area contributed by atoms with Crippen LogP contribution in [0.5, 0.6) is 0 Å². The van der Waals surface area contributed by atoms with Crippen LogP contribution >= 0.6 is 11.3 Å². The fraction of sp³-hybridized carbons (Fsp3) is 0.125. The van der Waals surface area contributed by atoms with E-state index in [0.29, 0.717) is 5.69 Å². The number of halogens is 5. The number of thiophene rings is 1. The number of H-pyrrole nitrogens is 1. The molecule has 0 amide bonds. The maximum atomic E-state index is 13.9. The van der Waals surface area contributed by atoms with E-state index in [0.717, 1.165) is 16.0 Å². The summed E-state index contributed by atoms with van der Waals surface area (Å²) in [5, 5.41) is 0. The van der Waals surface area contributed by atoms with Gasteiger partial charge >= 0.3 is 6.18 Å². The van der Waals surface area contributed by atoms with Gasteiger partial charge in [0, 0.05) is 17.1 Å². The van der Waals surface area contributed by atoms with Crippen LogP contribution in [0.15, 0.2) is 41.4 Å². The molecular weight excluding hydrogens is 411 g/mol. The van der Waals surface area contributed by atoms with Gasteiger partial charge in [0.25, 0.3) is 10.0 Å². The van der Waals surface area contributed by atoms with Gasteiger partial charge in [0.05, 0.1) is 21.8 Å². The van der Waals surface area contributed by atoms with Crippen molar-refractivity contribution in [3.63, 3.8) is 0 Å². The minimum atomic E-state index is -5.10. The second-order valence-electron chi connectivity index (χ2n) is 5.57. The molecule has 0 aliphatic rings. The van der Waals surface area contributed by atoms with E-state index in [9.17, 15) is 30.4 Å². The number of aromatic nitrogens is 1. The van der Waals surface area contributed by atoms with E-state index in [2.05, 4.69) is 4.98 Å². The first-order valence-corrected chi connectivity index (χ1v) is 9.61. The van der Waals surface area contributed by atoms with E-state index < -0.39 is 39.1 Å². The Labute approximate surface area is 154 Å². The number of aryl methyl sites for hydroxylation is 1. The smallest absolute Gasteiger partial charge is 0.359 e. The molecule has 2 N–H and O–H groups in total. The molecule has 11 heteroatoms. The fourth-order valence-electron chi connectivity index (χ4n) is 2.30. The fourth-order valence-corrected chi connectivity index (χ4v) is 4.19. The summed E-state index contributed by atoms with van der Waals surface area (Å²) in [6.07, 6.45) is -3.96. The number of alkyl halides is 3. The van der Waals surface area contributed by atoms with Crippen molar-refractivity contribution in [2.24, 2.45) is 0 Å². The highest BCUT2D eigenvalue weighted by atomic mass is 32.2. The van der Waals surface area contributed by atoms with Crippen LogP contribution in [0.2, 0.25) is 0 Å². The van der Waals surface area contributed by atoms with Gasteiger partial charge in [0.2, 0.25) is 0 Å². The van der Waals surface area contributed by atoms with Crippen molar-refractivity contribution in [2.45, 2.75) is 18.0 Å². The van der Waals surface area contributed by atoms with Crippen LogP contribution in [-0.2, 0) is 16.2 Å². The summed E-state index contributed by atoms with van der Waals surface area (Å²) in [5.41, 5.74) is -2.25.